The van der Waals surface area contributed by atoms with Crippen molar-refractivity contribution in [2.75, 3.05) is 20.2 Å². The smallest absolute Gasteiger partial charge is 0.287 e. The molecule has 0 saturated carbocycles. The zero-order valence-electron chi connectivity index (χ0n) is 18.7. The molecule has 2 aromatic heterocycles. The maximum atomic E-state index is 10.7. The standard InChI is InChI=1S/C17H19N3O3.C7H6N2O2/c1-23-16-5-2-13(3-6-16)11-19-9-8-14(12-19)17-7-4-15(10-18-17)20(21)22;1-2-6-3-4-7(5-8-6)9(10)11/h2-7,10,14H,8-9,11-12H2,1H3;2-5H,1H2. The third kappa shape index (κ3) is 6.66. The minimum absolute atomic E-state index is 0.00407. The van der Waals surface area contributed by atoms with Crippen LogP contribution in [0.3, 0.4) is 0 Å². The Kier molecular flexibility index (Phi) is 8.36. The Labute approximate surface area is 196 Å². The molecule has 0 spiro atoms. The Hall–Kier alpha value is -4.18. The van der Waals surface area contributed by atoms with Gasteiger partial charge in [-0.1, -0.05) is 18.7 Å². The lowest BCUT2D eigenvalue weighted by Gasteiger charge is -2.16. The molecule has 1 atom stereocenters. The van der Waals surface area contributed by atoms with Crippen LogP contribution in [0.5, 0.6) is 5.75 Å². The average molecular weight is 463 g/mol. The molecule has 34 heavy (non-hydrogen) atoms. The number of hydrogen-bond donors (Lipinski definition) is 0. The van der Waals surface area contributed by atoms with Gasteiger partial charge in [0.05, 0.1) is 22.7 Å². The van der Waals surface area contributed by atoms with Crippen LogP contribution in [-0.4, -0.2) is 44.9 Å². The lowest BCUT2D eigenvalue weighted by atomic mass is 10.0. The van der Waals surface area contributed by atoms with Gasteiger partial charge in [0.25, 0.3) is 11.4 Å². The van der Waals surface area contributed by atoms with Crippen molar-refractivity contribution < 1.29 is 14.6 Å². The van der Waals surface area contributed by atoms with Gasteiger partial charge in [0.2, 0.25) is 0 Å². The van der Waals surface area contributed by atoms with Gasteiger partial charge in [-0.25, -0.2) is 4.98 Å². The van der Waals surface area contributed by atoms with Crippen molar-refractivity contribution >= 4 is 17.5 Å². The van der Waals surface area contributed by atoms with E-state index in [1.807, 2.05) is 12.1 Å². The van der Waals surface area contributed by atoms with Crippen molar-refractivity contribution in [1.82, 2.24) is 14.9 Å². The highest BCUT2D eigenvalue weighted by atomic mass is 16.6. The molecule has 3 heterocycles. The Morgan fingerprint density at radius 2 is 1.68 bits per heavy atom. The zero-order valence-corrected chi connectivity index (χ0v) is 18.7. The molecule has 1 aromatic carbocycles. The van der Waals surface area contributed by atoms with E-state index in [9.17, 15) is 20.2 Å². The van der Waals surface area contributed by atoms with E-state index in [0.29, 0.717) is 11.6 Å². The van der Waals surface area contributed by atoms with E-state index in [0.717, 1.165) is 37.5 Å². The van der Waals surface area contributed by atoms with Gasteiger partial charge in [-0.05, 0) is 48.9 Å². The molecule has 10 heteroatoms. The van der Waals surface area contributed by atoms with Crippen molar-refractivity contribution in [3.8, 4) is 5.75 Å². The highest BCUT2D eigenvalue weighted by molar-refractivity contribution is 5.43. The van der Waals surface area contributed by atoms with Crippen LogP contribution in [-0.2, 0) is 6.54 Å². The molecule has 1 aliphatic heterocycles. The topological polar surface area (TPSA) is 125 Å². The lowest BCUT2D eigenvalue weighted by Crippen LogP contribution is -2.19. The third-order valence-electron chi connectivity index (χ3n) is 5.43. The molecular weight excluding hydrogens is 438 g/mol. The van der Waals surface area contributed by atoms with Crippen LogP contribution in [0.2, 0.25) is 0 Å². The summed E-state index contributed by atoms with van der Waals surface area (Å²) >= 11 is 0. The fraction of sp³-hybridized carbons (Fsp3) is 0.250. The summed E-state index contributed by atoms with van der Waals surface area (Å²) in [6, 6.07) is 14.4. The molecule has 1 aliphatic rings. The van der Waals surface area contributed by atoms with Gasteiger partial charge in [0, 0.05) is 36.8 Å². The minimum atomic E-state index is -0.486. The van der Waals surface area contributed by atoms with E-state index >= 15 is 0 Å². The van der Waals surface area contributed by atoms with Crippen molar-refractivity contribution in [2.45, 2.75) is 18.9 Å². The predicted molar refractivity (Wildman–Crippen MR) is 128 cm³/mol. The van der Waals surface area contributed by atoms with E-state index in [1.165, 1.54) is 36.2 Å². The monoisotopic (exact) mass is 463 g/mol. The first kappa shape index (κ1) is 24.5. The second-order valence-electron chi connectivity index (χ2n) is 7.67. The van der Waals surface area contributed by atoms with Crippen molar-refractivity contribution in [3.05, 3.63) is 105 Å². The molecule has 0 radical (unpaired) electrons. The first-order chi connectivity index (χ1) is 16.4. The number of hydrogen-bond acceptors (Lipinski definition) is 8. The molecule has 0 amide bonds. The average Bonchev–Trinajstić information content (AvgIpc) is 3.33. The fourth-order valence-electron chi connectivity index (χ4n) is 3.58. The molecule has 1 fully saturated rings. The number of pyridine rings is 2. The normalized spacial score (nSPS) is 15.1. The number of rotatable bonds is 7. The number of nitro groups is 2. The highest BCUT2D eigenvalue weighted by Crippen LogP contribution is 2.28. The number of aromatic nitrogens is 2. The number of nitrogens with zero attached hydrogens (tertiary/aromatic N) is 5. The van der Waals surface area contributed by atoms with Gasteiger partial charge in [-0.15, -0.1) is 0 Å². The summed E-state index contributed by atoms with van der Waals surface area (Å²) in [6.45, 7) is 6.31. The van der Waals surface area contributed by atoms with Crippen LogP contribution < -0.4 is 4.74 Å². The summed E-state index contributed by atoms with van der Waals surface area (Å²) < 4.78 is 5.17. The number of methoxy groups -OCH3 is 1. The van der Waals surface area contributed by atoms with Crippen LogP contribution in [0.15, 0.2) is 67.5 Å². The van der Waals surface area contributed by atoms with Crippen LogP contribution >= 0.6 is 0 Å². The lowest BCUT2D eigenvalue weighted by molar-refractivity contribution is -0.385. The molecule has 1 saturated heterocycles. The zero-order chi connectivity index (χ0) is 24.5. The maximum absolute atomic E-state index is 10.7. The van der Waals surface area contributed by atoms with Crippen LogP contribution in [0.1, 0.15) is 29.3 Å². The molecule has 0 bridgehead atoms. The predicted octanol–water partition coefficient (Wildman–Crippen LogP) is 4.62. The van der Waals surface area contributed by atoms with Gasteiger partial charge in [-0.2, -0.15) is 0 Å². The molecule has 3 aromatic rings. The maximum Gasteiger partial charge on any atom is 0.287 e. The number of ether oxygens (including phenoxy) is 1. The molecular formula is C24H25N5O5. The van der Waals surface area contributed by atoms with Gasteiger partial charge >= 0.3 is 0 Å². The van der Waals surface area contributed by atoms with Crippen LogP contribution in [0, 0.1) is 20.2 Å². The minimum Gasteiger partial charge on any atom is -0.497 e. The summed E-state index contributed by atoms with van der Waals surface area (Å²) in [5.41, 5.74) is 2.86. The van der Waals surface area contributed by atoms with E-state index in [1.54, 1.807) is 19.2 Å². The highest BCUT2D eigenvalue weighted by Gasteiger charge is 2.25. The van der Waals surface area contributed by atoms with Crippen molar-refractivity contribution in [2.24, 2.45) is 0 Å². The molecule has 1 unspecified atom stereocenters. The molecule has 10 nitrogen and oxygen atoms in total. The summed E-state index contributed by atoms with van der Waals surface area (Å²) in [6.07, 6.45) is 5.11. The molecule has 0 aliphatic carbocycles. The largest absolute Gasteiger partial charge is 0.497 e. The Morgan fingerprint density at radius 1 is 1.03 bits per heavy atom. The quantitative estimate of drug-likeness (QED) is 0.367. The van der Waals surface area contributed by atoms with Gasteiger partial charge in [-0.3, -0.25) is 30.1 Å². The fourth-order valence-corrected chi connectivity index (χ4v) is 3.58. The summed E-state index contributed by atoms with van der Waals surface area (Å²) in [4.78, 5) is 30.3. The summed E-state index contributed by atoms with van der Waals surface area (Å²) in [7, 11) is 1.66. The van der Waals surface area contributed by atoms with Gasteiger partial charge in [0.1, 0.15) is 18.1 Å². The Balaban J connectivity index is 0.000000248. The van der Waals surface area contributed by atoms with E-state index < -0.39 is 9.85 Å². The second-order valence-corrected chi connectivity index (χ2v) is 7.67. The second kappa shape index (κ2) is 11.6. The van der Waals surface area contributed by atoms with E-state index in [-0.39, 0.29) is 11.4 Å². The Bertz CT molecular complexity index is 1120. The summed E-state index contributed by atoms with van der Waals surface area (Å²) in [5, 5.41) is 20.8. The van der Waals surface area contributed by atoms with E-state index in [4.69, 9.17) is 4.74 Å². The van der Waals surface area contributed by atoms with Gasteiger partial charge in [0.15, 0.2) is 0 Å². The SMILES string of the molecule is C=Cc1ccc([N+](=O)[O-])cn1.COc1ccc(CN2CCC(c3ccc([N+](=O)[O-])cn3)C2)cc1. The van der Waals surface area contributed by atoms with E-state index in [2.05, 4.69) is 33.6 Å². The molecule has 0 N–H and O–H groups in total. The number of likely N-dealkylation sites (tertiary alicyclic amines) is 1. The molecule has 176 valence electrons. The first-order valence-corrected chi connectivity index (χ1v) is 10.6. The third-order valence-corrected chi connectivity index (χ3v) is 5.43. The Morgan fingerprint density at radius 3 is 2.18 bits per heavy atom. The molecule has 4 rings (SSSR count). The van der Waals surface area contributed by atoms with Crippen molar-refractivity contribution in [1.29, 1.82) is 0 Å². The van der Waals surface area contributed by atoms with Crippen molar-refractivity contribution in [3.63, 3.8) is 0 Å². The van der Waals surface area contributed by atoms with Gasteiger partial charge < -0.3 is 4.74 Å². The van der Waals surface area contributed by atoms with Crippen LogP contribution in [0.4, 0.5) is 11.4 Å². The first-order valence-electron chi connectivity index (χ1n) is 10.6. The van der Waals surface area contributed by atoms with Crippen LogP contribution in [0.25, 0.3) is 6.08 Å². The number of benzene rings is 1. The summed E-state index contributed by atoms with van der Waals surface area (Å²) in [5.74, 6) is 1.21.